The molecule has 4 rings (SSSR count). The molecule has 2 heterocycles. The number of rotatable bonds is 6. The first-order chi connectivity index (χ1) is 15.0. The maximum absolute atomic E-state index is 12.1. The zero-order valence-corrected chi connectivity index (χ0v) is 16.7. The van der Waals surface area contributed by atoms with E-state index >= 15 is 0 Å². The van der Waals surface area contributed by atoms with Crippen LogP contribution in [0.4, 0.5) is 0 Å². The number of esters is 1. The summed E-state index contributed by atoms with van der Waals surface area (Å²) in [5.74, 6) is -0.567. The molecule has 2 aromatic carbocycles. The Balaban J connectivity index is 1.41. The Morgan fingerprint density at radius 2 is 2.03 bits per heavy atom. The molecule has 0 fully saturated rings. The molecule has 156 valence electrons. The molecule has 0 saturated heterocycles. The molecule has 0 radical (unpaired) electrons. The van der Waals surface area contributed by atoms with E-state index in [0.717, 1.165) is 5.56 Å². The lowest BCUT2D eigenvalue weighted by molar-refractivity contribution is -0.138. The summed E-state index contributed by atoms with van der Waals surface area (Å²) in [5.41, 5.74) is 2.23. The van der Waals surface area contributed by atoms with Crippen LogP contribution in [-0.4, -0.2) is 26.1 Å². The molecule has 0 aliphatic rings. The average Bonchev–Trinajstić information content (AvgIpc) is 3.21. The van der Waals surface area contributed by atoms with E-state index in [1.165, 1.54) is 24.3 Å². The highest BCUT2D eigenvalue weighted by atomic mass is 16.5. The summed E-state index contributed by atoms with van der Waals surface area (Å²) in [7, 11) is 0. The standard InChI is InChI=1S/C23H19N3O5/c1-15-20(27)9-8-19-17(11-22(29)31-23(15)19)14-30-21(28)10-7-18-13-26(25-24-18)12-16-5-3-2-4-6-16/h2-11,13,27H,12,14H2,1H3/b10-7+. The van der Waals surface area contributed by atoms with Gasteiger partial charge in [0, 0.05) is 28.7 Å². The molecule has 0 saturated carbocycles. The third-order valence-electron chi connectivity index (χ3n) is 4.72. The van der Waals surface area contributed by atoms with Crippen molar-refractivity contribution in [3.8, 4) is 5.75 Å². The highest BCUT2D eigenvalue weighted by Gasteiger charge is 2.12. The van der Waals surface area contributed by atoms with E-state index in [4.69, 9.17) is 9.15 Å². The lowest BCUT2D eigenvalue weighted by Crippen LogP contribution is -2.06. The van der Waals surface area contributed by atoms with Gasteiger partial charge in [-0.1, -0.05) is 35.5 Å². The fraction of sp³-hybridized carbons (Fsp3) is 0.130. The molecule has 0 aliphatic heterocycles. The predicted molar refractivity (Wildman–Crippen MR) is 113 cm³/mol. The van der Waals surface area contributed by atoms with E-state index < -0.39 is 11.6 Å². The number of hydrogen-bond donors (Lipinski definition) is 1. The molecule has 0 amide bonds. The summed E-state index contributed by atoms with van der Waals surface area (Å²) in [5, 5.41) is 18.5. The molecule has 0 aliphatic carbocycles. The molecule has 2 aromatic heterocycles. The Kier molecular flexibility index (Phi) is 5.61. The Hall–Kier alpha value is -4.20. The van der Waals surface area contributed by atoms with Crippen molar-refractivity contribution in [2.24, 2.45) is 0 Å². The number of phenols is 1. The number of ether oxygens (including phenoxy) is 1. The van der Waals surface area contributed by atoms with Gasteiger partial charge in [0.1, 0.15) is 23.6 Å². The van der Waals surface area contributed by atoms with Crippen LogP contribution in [0, 0.1) is 6.92 Å². The van der Waals surface area contributed by atoms with E-state index in [0.29, 0.717) is 28.8 Å². The third-order valence-corrected chi connectivity index (χ3v) is 4.72. The number of phenolic OH excluding ortho intramolecular Hbond substituents is 1. The molecule has 0 spiro atoms. The molecule has 8 nitrogen and oxygen atoms in total. The van der Waals surface area contributed by atoms with Gasteiger partial charge in [-0.05, 0) is 30.7 Å². The predicted octanol–water partition coefficient (Wildman–Crippen LogP) is 3.20. The van der Waals surface area contributed by atoms with Gasteiger partial charge in [0.25, 0.3) is 0 Å². The van der Waals surface area contributed by atoms with Crippen molar-refractivity contribution in [2.75, 3.05) is 0 Å². The van der Waals surface area contributed by atoms with Crippen LogP contribution < -0.4 is 5.63 Å². The fourth-order valence-electron chi connectivity index (χ4n) is 3.12. The number of fused-ring (bicyclic) bond motifs is 1. The summed E-state index contributed by atoms with van der Waals surface area (Å²) >= 11 is 0. The molecule has 4 aromatic rings. The van der Waals surface area contributed by atoms with E-state index in [1.807, 2.05) is 30.3 Å². The number of benzene rings is 2. The SMILES string of the molecule is Cc1c(O)ccc2c(COC(=O)/C=C/c3cn(Cc4ccccc4)nn3)cc(=O)oc12. The van der Waals surface area contributed by atoms with Crippen LogP contribution in [0.15, 0.2) is 70.0 Å². The average molecular weight is 417 g/mol. The van der Waals surface area contributed by atoms with E-state index in [2.05, 4.69) is 10.3 Å². The number of aromatic nitrogens is 3. The molecular formula is C23H19N3O5. The maximum Gasteiger partial charge on any atom is 0.336 e. The second-order valence-electron chi connectivity index (χ2n) is 6.94. The summed E-state index contributed by atoms with van der Waals surface area (Å²) in [6, 6.07) is 14.2. The molecule has 0 unspecified atom stereocenters. The van der Waals surface area contributed by atoms with Gasteiger partial charge in [0.2, 0.25) is 0 Å². The smallest absolute Gasteiger partial charge is 0.336 e. The number of nitrogens with zero attached hydrogens (tertiary/aromatic N) is 3. The van der Waals surface area contributed by atoms with Gasteiger partial charge in [-0.3, -0.25) is 0 Å². The maximum atomic E-state index is 12.1. The van der Waals surface area contributed by atoms with Gasteiger partial charge < -0.3 is 14.3 Å². The summed E-state index contributed by atoms with van der Waals surface area (Å²) in [6.45, 7) is 2.10. The minimum absolute atomic E-state index is 0.0213. The second kappa shape index (κ2) is 8.66. The van der Waals surface area contributed by atoms with Crippen molar-refractivity contribution >= 4 is 23.0 Å². The monoisotopic (exact) mass is 417 g/mol. The Bertz CT molecular complexity index is 1320. The van der Waals surface area contributed by atoms with Gasteiger partial charge in [-0.2, -0.15) is 0 Å². The molecule has 1 N–H and O–H groups in total. The normalized spacial score (nSPS) is 11.3. The topological polar surface area (TPSA) is 107 Å². The van der Waals surface area contributed by atoms with Crippen LogP contribution >= 0.6 is 0 Å². The zero-order valence-electron chi connectivity index (χ0n) is 16.7. The lowest BCUT2D eigenvalue weighted by atomic mass is 10.1. The molecule has 0 atom stereocenters. The van der Waals surface area contributed by atoms with Gasteiger partial charge >= 0.3 is 11.6 Å². The lowest BCUT2D eigenvalue weighted by Gasteiger charge is -2.08. The first-order valence-corrected chi connectivity index (χ1v) is 9.54. The van der Waals surface area contributed by atoms with Gasteiger partial charge in [-0.25, -0.2) is 14.3 Å². The summed E-state index contributed by atoms with van der Waals surface area (Å²) in [6.07, 6.45) is 4.49. The van der Waals surface area contributed by atoms with E-state index in [9.17, 15) is 14.7 Å². The van der Waals surface area contributed by atoms with E-state index in [1.54, 1.807) is 23.9 Å². The Morgan fingerprint density at radius 1 is 1.23 bits per heavy atom. The first kappa shape index (κ1) is 20.1. The van der Waals surface area contributed by atoms with Crippen LogP contribution in [0.1, 0.15) is 22.4 Å². The number of aromatic hydroxyl groups is 1. The number of carbonyl (C=O) groups excluding carboxylic acids is 1. The summed E-state index contributed by atoms with van der Waals surface area (Å²) < 4.78 is 12.1. The number of aryl methyl sites for hydroxylation is 1. The van der Waals surface area contributed by atoms with Gasteiger partial charge in [0.05, 0.1) is 12.7 Å². The van der Waals surface area contributed by atoms with Crippen molar-refractivity contribution in [1.29, 1.82) is 0 Å². The van der Waals surface area contributed by atoms with Crippen LogP contribution in [-0.2, 0) is 22.7 Å². The Morgan fingerprint density at radius 3 is 2.84 bits per heavy atom. The van der Waals surface area contributed by atoms with Crippen LogP contribution in [0.25, 0.3) is 17.0 Å². The van der Waals surface area contributed by atoms with Crippen molar-refractivity contribution < 1.29 is 19.1 Å². The van der Waals surface area contributed by atoms with Crippen LogP contribution in [0.3, 0.4) is 0 Å². The molecule has 0 bridgehead atoms. The minimum atomic E-state index is -0.588. The molecule has 31 heavy (non-hydrogen) atoms. The molecular weight excluding hydrogens is 398 g/mol. The van der Waals surface area contributed by atoms with Crippen molar-refractivity contribution in [1.82, 2.24) is 15.0 Å². The van der Waals surface area contributed by atoms with Gasteiger partial charge in [0.15, 0.2) is 0 Å². The van der Waals surface area contributed by atoms with Crippen LogP contribution in [0.5, 0.6) is 5.75 Å². The number of hydrogen-bond acceptors (Lipinski definition) is 7. The molecule has 8 heteroatoms. The Labute approximate surface area is 177 Å². The highest BCUT2D eigenvalue weighted by molar-refractivity contribution is 5.87. The minimum Gasteiger partial charge on any atom is -0.508 e. The van der Waals surface area contributed by atoms with Crippen molar-refractivity contribution in [2.45, 2.75) is 20.1 Å². The zero-order chi connectivity index (χ0) is 21.8. The summed E-state index contributed by atoms with van der Waals surface area (Å²) in [4.78, 5) is 24.0. The third kappa shape index (κ3) is 4.69. The van der Waals surface area contributed by atoms with E-state index in [-0.39, 0.29) is 17.9 Å². The quantitative estimate of drug-likeness (QED) is 0.292. The van der Waals surface area contributed by atoms with Crippen molar-refractivity contribution in [3.63, 3.8) is 0 Å². The fourth-order valence-corrected chi connectivity index (χ4v) is 3.12. The first-order valence-electron chi connectivity index (χ1n) is 9.54. The highest BCUT2D eigenvalue weighted by Crippen LogP contribution is 2.27. The van der Waals surface area contributed by atoms with Gasteiger partial charge in [-0.15, -0.1) is 5.10 Å². The largest absolute Gasteiger partial charge is 0.508 e. The van der Waals surface area contributed by atoms with Crippen LogP contribution in [0.2, 0.25) is 0 Å². The second-order valence-corrected chi connectivity index (χ2v) is 6.94. The van der Waals surface area contributed by atoms with Crippen molar-refractivity contribution in [3.05, 3.63) is 93.6 Å². The number of carbonyl (C=O) groups is 1.